The van der Waals surface area contributed by atoms with E-state index in [2.05, 4.69) is 31.7 Å². The number of nitrogens with zero attached hydrogens (tertiary/aromatic N) is 4. The maximum Gasteiger partial charge on any atom is 0.243 e. The van der Waals surface area contributed by atoms with Gasteiger partial charge in [0.05, 0.1) is 19.4 Å². The fraction of sp³-hybridized carbons (Fsp3) is 0.611. The van der Waals surface area contributed by atoms with Crippen LogP contribution in [0.5, 0.6) is 0 Å². The maximum absolute atomic E-state index is 13.0. The molecule has 6 heteroatoms. The minimum Gasteiger partial charge on any atom is -0.375 e. The molecule has 1 aromatic rings. The number of piperazine rings is 2. The van der Waals surface area contributed by atoms with Crippen molar-refractivity contribution in [2.24, 2.45) is 0 Å². The number of hydrogen-bond acceptors (Lipinski definition) is 5. The first-order chi connectivity index (χ1) is 11.8. The second-order valence-corrected chi connectivity index (χ2v) is 7.19. The van der Waals surface area contributed by atoms with E-state index in [1.54, 1.807) is 0 Å². The predicted molar refractivity (Wildman–Crippen MR) is 89.0 cm³/mol. The van der Waals surface area contributed by atoms with Crippen molar-refractivity contribution in [2.45, 2.75) is 25.0 Å². The van der Waals surface area contributed by atoms with Gasteiger partial charge in [0.2, 0.25) is 5.91 Å². The smallest absolute Gasteiger partial charge is 0.243 e. The van der Waals surface area contributed by atoms with Gasteiger partial charge in [-0.25, -0.2) is 0 Å². The van der Waals surface area contributed by atoms with Crippen molar-refractivity contribution >= 4 is 5.91 Å². The number of rotatable bonds is 4. The van der Waals surface area contributed by atoms with Gasteiger partial charge in [-0.3, -0.25) is 19.5 Å². The van der Waals surface area contributed by atoms with Gasteiger partial charge in [-0.2, -0.15) is 0 Å². The molecule has 0 bridgehead atoms. The van der Waals surface area contributed by atoms with E-state index in [0.717, 1.165) is 44.8 Å². The molecule has 1 amide bonds. The molecule has 128 valence electrons. The highest BCUT2D eigenvalue weighted by molar-refractivity contribution is 5.84. The molecular weight excluding hydrogens is 304 g/mol. The van der Waals surface area contributed by atoms with E-state index in [-0.39, 0.29) is 18.1 Å². The zero-order chi connectivity index (χ0) is 16.1. The van der Waals surface area contributed by atoms with E-state index in [1.165, 1.54) is 0 Å². The lowest BCUT2D eigenvalue weighted by molar-refractivity contribution is -0.165. The quantitative estimate of drug-likeness (QED) is 0.779. The molecule has 0 saturated carbocycles. The van der Waals surface area contributed by atoms with E-state index in [1.807, 2.05) is 18.2 Å². The summed E-state index contributed by atoms with van der Waals surface area (Å²) in [7, 11) is 0. The van der Waals surface area contributed by atoms with E-state index in [4.69, 9.17) is 4.74 Å². The van der Waals surface area contributed by atoms with Crippen molar-refractivity contribution in [3.05, 3.63) is 35.9 Å². The van der Waals surface area contributed by atoms with Crippen LogP contribution in [0.3, 0.4) is 0 Å². The Morgan fingerprint density at radius 1 is 0.917 bits per heavy atom. The van der Waals surface area contributed by atoms with Crippen molar-refractivity contribution in [1.29, 1.82) is 0 Å². The van der Waals surface area contributed by atoms with E-state index >= 15 is 0 Å². The van der Waals surface area contributed by atoms with Gasteiger partial charge in [-0.1, -0.05) is 30.3 Å². The van der Waals surface area contributed by atoms with Crippen molar-refractivity contribution in [3.63, 3.8) is 0 Å². The largest absolute Gasteiger partial charge is 0.375 e. The molecule has 0 radical (unpaired) electrons. The Hall–Kier alpha value is -1.47. The van der Waals surface area contributed by atoms with Crippen LogP contribution in [-0.2, 0) is 16.1 Å². The first-order valence-corrected chi connectivity index (χ1v) is 8.99. The summed E-state index contributed by atoms with van der Waals surface area (Å²) in [6.45, 7) is 7.22. The monoisotopic (exact) mass is 328 g/mol. The number of hydrogen-bond donors (Lipinski definition) is 0. The predicted octanol–water partition coefficient (Wildman–Crippen LogP) is 0.0130. The fourth-order valence-electron chi connectivity index (χ4n) is 4.81. The van der Waals surface area contributed by atoms with Crippen LogP contribution in [0.15, 0.2) is 30.3 Å². The normalized spacial score (nSPS) is 33.2. The standard InChI is InChI=1S/C18H24N4O2/c23-18-15(13-24-12-14-4-2-1-3-5-14)21-10-8-19-6-7-20-9-11-22(18)17(20)16(19)21/h1-5,15-17H,6-13H2. The van der Waals surface area contributed by atoms with Gasteiger partial charge >= 0.3 is 0 Å². The van der Waals surface area contributed by atoms with Crippen LogP contribution in [0.4, 0.5) is 0 Å². The molecule has 0 spiro atoms. The number of amides is 1. The van der Waals surface area contributed by atoms with Gasteiger partial charge in [0.1, 0.15) is 12.2 Å². The average molecular weight is 328 g/mol. The number of carbonyl (C=O) groups is 1. The summed E-state index contributed by atoms with van der Waals surface area (Å²) in [5.74, 6) is 0.260. The second kappa shape index (κ2) is 5.81. The average Bonchev–Trinajstić information content (AvgIpc) is 3.22. The molecule has 4 heterocycles. The second-order valence-electron chi connectivity index (χ2n) is 7.19. The zero-order valence-electron chi connectivity index (χ0n) is 13.9. The van der Waals surface area contributed by atoms with Gasteiger partial charge in [-0.15, -0.1) is 0 Å². The summed E-state index contributed by atoms with van der Waals surface area (Å²) in [6, 6.07) is 10.1. The summed E-state index contributed by atoms with van der Waals surface area (Å²) >= 11 is 0. The summed E-state index contributed by atoms with van der Waals surface area (Å²) < 4.78 is 5.95. The van der Waals surface area contributed by atoms with Gasteiger partial charge in [0.15, 0.2) is 0 Å². The third-order valence-electron chi connectivity index (χ3n) is 5.98. The number of benzene rings is 1. The van der Waals surface area contributed by atoms with Crippen LogP contribution in [0.25, 0.3) is 0 Å². The first-order valence-electron chi connectivity index (χ1n) is 8.99. The van der Waals surface area contributed by atoms with E-state index in [9.17, 15) is 4.79 Å². The van der Waals surface area contributed by atoms with Crippen LogP contribution in [0.1, 0.15) is 5.56 Å². The lowest BCUT2D eigenvalue weighted by atomic mass is 10.1. The van der Waals surface area contributed by atoms with E-state index in [0.29, 0.717) is 19.4 Å². The Kier molecular flexibility index (Phi) is 3.59. The van der Waals surface area contributed by atoms with Crippen molar-refractivity contribution in [3.8, 4) is 0 Å². The van der Waals surface area contributed by atoms with E-state index < -0.39 is 0 Å². The molecular formula is C18H24N4O2. The first kappa shape index (κ1) is 14.8. The summed E-state index contributed by atoms with van der Waals surface area (Å²) in [6.07, 6.45) is 0.628. The number of carbonyl (C=O) groups excluding carboxylic acids is 1. The minimum atomic E-state index is -0.127. The molecule has 0 aromatic heterocycles. The van der Waals surface area contributed by atoms with Gasteiger partial charge < -0.3 is 9.64 Å². The molecule has 3 atom stereocenters. The lowest BCUT2D eigenvalue weighted by Crippen LogP contribution is -2.71. The molecule has 5 rings (SSSR count). The Morgan fingerprint density at radius 2 is 1.62 bits per heavy atom. The Bertz CT molecular complexity index is 625. The molecule has 4 fully saturated rings. The van der Waals surface area contributed by atoms with Gasteiger partial charge in [0.25, 0.3) is 0 Å². The van der Waals surface area contributed by atoms with Crippen LogP contribution in [0.2, 0.25) is 0 Å². The highest BCUT2D eigenvalue weighted by Gasteiger charge is 2.57. The van der Waals surface area contributed by atoms with Crippen molar-refractivity contribution < 1.29 is 9.53 Å². The van der Waals surface area contributed by atoms with Crippen molar-refractivity contribution in [1.82, 2.24) is 19.6 Å². The lowest BCUT2D eigenvalue weighted by Gasteiger charge is -2.51. The summed E-state index contributed by atoms with van der Waals surface area (Å²) in [4.78, 5) is 22.6. The van der Waals surface area contributed by atoms with Crippen LogP contribution in [-0.4, -0.2) is 89.8 Å². The highest BCUT2D eigenvalue weighted by atomic mass is 16.5. The zero-order valence-corrected chi connectivity index (χ0v) is 13.9. The van der Waals surface area contributed by atoms with Crippen molar-refractivity contribution in [2.75, 3.05) is 45.9 Å². The summed E-state index contributed by atoms with van der Waals surface area (Å²) in [5.41, 5.74) is 1.16. The molecule has 24 heavy (non-hydrogen) atoms. The van der Waals surface area contributed by atoms with Crippen LogP contribution < -0.4 is 0 Å². The minimum absolute atomic E-state index is 0.127. The molecule has 0 N–H and O–H groups in total. The Morgan fingerprint density at radius 3 is 2.46 bits per heavy atom. The summed E-state index contributed by atoms with van der Waals surface area (Å²) in [5, 5.41) is 0. The molecule has 3 unspecified atom stereocenters. The number of ether oxygens (including phenoxy) is 1. The van der Waals surface area contributed by atoms with Gasteiger partial charge in [0, 0.05) is 39.3 Å². The van der Waals surface area contributed by atoms with Crippen LogP contribution in [0, 0.1) is 0 Å². The molecule has 4 aliphatic heterocycles. The van der Waals surface area contributed by atoms with Gasteiger partial charge in [-0.05, 0) is 5.56 Å². The third kappa shape index (κ3) is 2.21. The fourth-order valence-corrected chi connectivity index (χ4v) is 4.81. The molecule has 4 saturated heterocycles. The molecule has 4 aliphatic rings. The molecule has 1 aromatic carbocycles. The SMILES string of the molecule is O=C1C(COCc2ccccc2)N2CCN3CCN4CCN1C4C32. The maximum atomic E-state index is 13.0. The highest BCUT2D eigenvalue weighted by Crippen LogP contribution is 2.36. The van der Waals surface area contributed by atoms with Crippen LogP contribution >= 0.6 is 0 Å². The molecule has 0 aliphatic carbocycles. The Labute approximate surface area is 142 Å². The topological polar surface area (TPSA) is 39.3 Å². The Balaban J connectivity index is 1.32. The molecule has 6 nitrogen and oxygen atoms in total. The third-order valence-corrected chi connectivity index (χ3v) is 5.98.